The molecule has 1 amide bonds. The molecule has 1 saturated heterocycles. The molecule has 1 saturated carbocycles. The first-order chi connectivity index (χ1) is 9.17. The average Bonchev–Trinajstić information content (AvgIpc) is 3.09. The monoisotopic (exact) mass is 265 g/mol. The van der Waals surface area contributed by atoms with E-state index in [1.807, 2.05) is 4.90 Å². The second-order valence-electron chi connectivity index (χ2n) is 6.53. The van der Waals surface area contributed by atoms with Crippen LogP contribution in [0.25, 0.3) is 0 Å². The van der Waals surface area contributed by atoms with Crippen molar-refractivity contribution >= 4 is 5.91 Å². The molecule has 3 rings (SSSR count). The van der Waals surface area contributed by atoms with E-state index in [9.17, 15) is 15.0 Å². The average molecular weight is 265 g/mol. The van der Waals surface area contributed by atoms with Crippen molar-refractivity contribution in [2.24, 2.45) is 23.2 Å². The van der Waals surface area contributed by atoms with Crippen LogP contribution in [0.4, 0.5) is 0 Å². The lowest BCUT2D eigenvalue weighted by Gasteiger charge is -2.40. The Kier molecular flexibility index (Phi) is 3.39. The standard InChI is InChI=1S/C15H23NO3/c17-9-15(10-18)3-5-16(6-4-15)14(19)13-8-11-1-2-12(13)7-11/h1-2,11-13,17-18H,3-10H2. The number of piperidine rings is 1. The molecule has 0 spiro atoms. The Labute approximate surface area is 114 Å². The van der Waals surface area contributed by atoms with E-state index in [4.69, 9.17) is 0 Å². The highest BCUT2D eigenvalue weighted by molar-refractivity contribution is 5.80. The van der Waals surface area contributed by atoms with Crippen LogP contribution in [-0.2, 0) is 4.79 Å². The Morgan fingerprint density at radius 2 is 1.84 bits per heavy atom. The summed E-state index contributed by atoms with van der Waals surface area (Å²) >= 11 is 0. The van der Waals surface area contributed by atoms with Crippen LogP contribution in [0, 0.1) is 23.2 Å². The number of allylic oxidation sites excluding steroid dienone is 2. The van der Waals surface area contributed by atoms with Crippen molar-refractivity contribution in [3.63, 3.8) is 0 Å². The number of aliphatic hydroxyl groups is 2. The summed E-state index contributed by atoms with van der Waals surface area (Å²) in [5, 5.41) is 18.8. The van der Waals surface area contributed by atoms with Crippen LogP contribution in [0.3, 0.4) is 0 Å². The molecule has 3 atom stereocenters. The van der Waals surface area contributed by atoms with Crippen molar-refractivity contribution in [2.45, 2.75) is 25.7 Å². The molecule has 0 aromatic carbocycles. The maximum Gasteiger partial charge on any atom is 0.226 e. The molecule has 0 aromatic heterocycles. The zero-order valence-corrected chi connectivity index (χ0v) is 11.3. The summed E-state index contributed by atoms with van der Waals surface area (Å²) in [5.74, 6) is 1.56. The Balaban J connectivity index is 1.60. The molecule has 4 heteroatoms. The van der Waals surface area contributed by atoms with Crippen molar-refractivity contribution in [2.75, 3.05) is 26.3 Å². The fourth-order valence-electron chi connectivity index (χ4n) is 3.87. The molecule has 1 aliphatic heterocycles. The van der Waals surface area contributed by atoms with Gasteiger partial charge in [0.1, 0.15) is 0 Å². The molecule has 0 aromatic rings. The molecule has 2 fully saturated rings. The lowest BCUT2D eigenvalue weighted by Crippen LogP contribution is -2.48. The van der Waals surface area contributed by atoms with Gasteiger partial charge in [-0.3, -0.25) is 4.79 Å². The molecule has 1 heterocycles. The molecule has 4 nitrogen and oxygen atoms in total. The zero-order valence-electron chi connectivity index (χ0n) is 11.3. The van der Waals surface area contributed by atoms with Gasteiger partial charge in [0.25, 0.3) is 0 Å². The topological polar surface area (TPSA) is 60.8 Å². The number of carbonyl (C=O) groups excluding carboxylic acids is 1. The van der Waals surface area contributed by atoms with Gasteiger partial charge in [-0.25, -0.2) is 0 Å². The van der Waals surface area contributed by atoms with E-state index < -0.39 is 0 Å². The molecule has 2 bridgehead atoms. The number of hydrogen-bond donors (Lipinski definition) is 2. The van der Waals surface area contributed by atoms with Crippen molar-refractivity contribution < 1.29 is 15.0 Å². The summed E-state index contributed by atoms with van der Waals surface area (Å²) < 4.78 is 0. The maximum atomic E-state index is 12.5. The first-order valence-electron chi connectivity index (χ1n) is 7.36. The number of nitrogens with zero attached hydrogens (tertiary/aromatic N) is 1. The molecule has 2 aliphatic carbocycles. The van der Waals surface area contributed by atoms with Crippen LogP contribution < -0.4 is 0 Å². The molecule has 3 unspecified atom stereocenters. The van der Waals surface area contributed by atoms with Crippen molar-refractivity contribution in [1.82, 2.24) is 4.90 Å². The third-order valence-corrected chi connectivity index (χ3v) is 5.40. The summed E-state index contributed by atoms with van der Waals surface area (Å²) in [6, 6.07) is 0. The number of amides is 1. The van der Waals surface area contributed by atoms with E-state index in [1.165, 1.54) is 0 Å². The van der Waals surface area contributed by atoms with Crippen LogP contribution in [0.15, 0.2) is 12.2 Å². The molecule has 19 heavy (non-hydrogen) atoms. The van der Waals surface area contributed by atoms with Gasteiger partial charge < -0.3 is 15.1 Å². The van der Waals surface area contributed by atoms with Crippen molar-refractivity contribution in [3.05, 3.63) is 12.2 Å². The number of rotatable bonds is 3. The van der Waals surface area contributed by atoms with Gasteiger partial charge in [-0.2, -0.15) is 0 Å². The van der Waals surface area contributed by atoms with Crippen LogP contribution in [0.5, 0.6) is 0 Å². The van der Waals surface area contributed by atoms with Crippen LogP contribution in [-0.4, -0.2) is 47.3 Å². The number of likely N-dealkylation sites (tertiary alicyclic amines) is 1. The minimum absolute atomic E-state index is 0.0163. The number of fused-ring (bicyclic) bond motifs is 2. The summed E-state index contributed by atoms with van der Waals surface area (Å²) in [4.78, 5) is 14.5. The highest BCUT2D eigenvalue weighted by Gasteiger charge is 2.43. The van der Waals surface area contributed by atoms with Crippen molar-refractivity contribution in [1.29, 1.82) is 0 Å². The van der Waals surface area contributed by atoms with Crippen LogP contribution in [0.2, 0.25) is 0 Å². The van der Waals surface area contributed by atoms with E-state index in [-0.39, 0.29) is 24.5 Å². The third kappa shape index (κ3) is 2.21. The van der Waals surface area contributed by atoms with E-state index in [1.54, 1.807) is 0 Å². The Morgan fingerprint density at radius 1 is 1.16 bits per heavy atom. The van der Waals surface area contributed by atoms with Crippen LogP contribution in [0.1, 0.15) is 25.7 Å². The van der Waals surface area contributed by atoms with Crippen LogP contribution >= 0.6 is 0 Å². The highest BCUT2D eigenvalue weighted by Crippen LogP contribution is 2.44. The van der Waals surface area contributed by atoms with E-state index in [0.29, 0.717) is 43.7 Å². The highest BCUT2D eigenvalue weighted by atomic mass is 16.3. The Morgan fingerprint density at radius 3 is 2.32 bits per heavy atom. The van der Waals surface area contributed by atoms with Crippen molar-refractivity contribution in [3.8, 4) is 0 Å². The number of carbonyl (C=O) groups is 1. The fourth-order valence-corrected chi connectivity index (χ4v) is 3.87. The second-order valence-corrected chi connectivity index (χ2v) is 6.53. The van der Waals surface area contributed by atoms with E-state index in [0.717, 1.165) is 12.8 Å². The van der Waals surface area contributed by atoms with Gasteiger partial charge in [-0.05, 0) is 37.5 Å². The molecular weight excluding hydrogens is 242 g/mol. The molecule has 2 N–H and O–H groups in total. The quantitative estimate of drug-likeness (QED) is 0.742. The fraction of sp³-hybridized carbons (Fsp3) is 0.800. The summed E-state index contributed by atoms with van der Waals surface area (Å²) in [7, 11) is 0. The normalized spacial score (nSPS) is 35.9. The van der Waals surface area contributed by atoms with Gasteiger partial charge in [-0.1, -0.05) is 12.2 Å². The molecule has 106 valence electrons. The van der Waals surface area contributed by atoms with Gasteiger partial charge >= 0.3 is 0 Å². The second kappa shape index (κ2) is 4.91. The number of hydrogen-bond acceptors (Lipinski definition) is 3. The van der Waals surface area contributed by atoms with Gasteiger partial charge in [0.05, 0.1) is 13.2 Å². The molecule has 0 radical (unpaired) electrons. The van der Waals surface area contributed by atoms with Gasteiger partial charge in [0, 0.05) is 24.4 Å². The predicted octanol–water partition coefficient (Wildman–Crippen LogP) is 0.792. The number of aliphatic hydroxyl groups excluding tert-OH is 2. The minimum atomic E-state index is -0.370. The van der Waals surface area contributed by atoms with E-state index in [2.05, 4.69) is 12.2 Å². The lowest BCUT2D eigenvalue weighted by molar-refractivity contribution is -0.140. The predicted molar refractivity (Wildman–Crippen MR) is 71.3 cm³/mol. The Bertz CT molecular complexity index is 379. The van der Waals surface area contributed by atoms with Gasteiger partial charge in [-0.15, -0.1) is 0 Å². The zero-order chi connectivity index (χ0) is 13.5. The third-order valence-electron chi connectivity index (χ3n) is 5.40. The summed E-state index contributed by atoms with van der Waals surface area (Å²) in [5.41, 5.74) is -0.370. The first-order valence-corrected chi connectivity index (χ1v) is 7.36. The molecular formula is C15H23NO3. The molecule has 3 aliphatic rings. The summed E-state index contributed by atoms with van der Waals surface area (Å²) in [6.45, 7) is 1.39. The smallest absolute Gasteiger partial charge is 0.226 e. The SMILES string of the molecule is O=C(C1CC2C=CC1C2)N1CCC(CO)(CO)CC1. The van der Waals surface area contributed by atoms with E-state index >= 15 is 0 Å². The summed E-state index contributed by atoms with van der Waals surface area (Å²) in [6.07, 6.45) is 8.06. The minimum Gasteiger partial charge on any atom is -0.396 e. The van der Waals surface area contributed by atoms with Gasteiger partial charge in [0.2, 0.25) is 5.91 Å². The maximum absolute atomic E-state index is 12.5. The van der Waals surface area contributed by atoms with Gasteiger partial charge in [0.15, 0.2) is 0 Å². The lowest BCUT2D eigenvalue weighted by atomic mass is 9.79. The Hall–Kier alpha value is -0.870. The largest absolute Gasteiger partial charge is 0.396 e. The first kappa shape index (κ1) is 13.1.